The molecule has 25 heavy (non-hydrogen) atoms. The molecule has 0 heterocycles. The van der Waals surface area contributed by atoms with Gasteiger partial charge in [-0.1, -0.05) is 50.5 Å². The summed E-state index contributed by atoms with van der Waals surface area (Å²) in [6, 6.07) is 8.17. The van der Waals surface area contributed by atoms with Crippen molar-refractivity contribution in [3.8, 4) is 0 Å². The van der Waals surface area contributed by atoms with E-state index in [-0.39, 0.29) is 13.2 Å². The number of rotatable bonds is 14. The Bertz CT molecular complexity index is 439. The molecule has 1 atom stereocenters. The fraction of sp³-hybridized carbons (Fsp3) is 0.714. The SMILES string of the molecule is CCCCCCc1ccc(CC(N)C(O)(COCC)COCC)cc1. The maximum absolute atomic E-state index is 10.8. The molecular formula is C21H37NO3. The monoisotopic (exact) mass is 351 g/mol. The van der Waals surface area contributed by atoms with E-state index in [1.807, 2.05) is 13.8 Å². The van der Waals surface area contributed by atoms with E-state index >= 15 is 0 Å². The lowest BCUT2D eigenvalue weighted by molar-refractivity contribution is -0.106. The molecule has 0 bridgehead atoms. The standard InChI is InChI=1S/C21H37NO3/c1-4-7-8-9-10-18-11-13-19(14-12-18)15-20(22)21(23,16-24-5-2)17-25-6-3/h11-14,20,23H,4-10,15-17,22H2,1-3H3. The maximum atomic E-state index is 10.8. The summed E-state index contributed by atoms with van der Waals surface area (Å²) in [4.78, 5) is 0. The Morgan fingerprint density at radius 1 is 0.920 bits per heavy atom. The van der Waals surface area contributed by atoms with Gasteiger partial charge in [-0.05, 0) is 44.2 Å². The van der Waals surface area contributed by atoms with E-state index in [1.54, 1.807) is 0 Å². The van der Waals surface area contributed by atoms with Crippen LogP contribution in [0.1, 0.15) is 57.6 Å². The third kappa shape index (κ3) is 8.32. The van der Waals surface area contributed by atoms with Crippen LogP contribution in [-0.4, -0.2) is 43.2 Å². The van der Waals surface area contributed by atoms with Gasteiger partial charge in [-0.15, -0.1) is 0 Å². The lowest BCUT2D eigenvalue weighted by Gasteiger charge is -2.33. The topological polar surface area (TPSA) is 64.7 Å². The number of benzene rings is 1. The second-order valence-electron chi connectivity index (χ2n) is 6.82. The molecule has 0 aliphatic heterocycles. The first-order valence-corrected chi connectivity index (χ1v) is 9.77. The van der Waals surface area contributed by atoms with Crippen LogP contribution in [0.5, 0.6) is 0 Å². The van der Waals surface area contributed by atoms with Crippen LogP contribution in [0.3, 0.4) is 0 Å². The van der Waals surface area contributed by atoms with Gasteiger partial charge in [0.15, 0.2) is 0 Å². The molecule has 3 N–H and O–H groups in total. The van der Waals surface area contributed by atoms with Gasteiger partial charge < -0.3 is 20.3 Å². The van der Waals surface area contributed by atoms with Crippen LogP contribution < -0.4 is 5.73 Å². The van der Waals surface area contributed by atoms with Crippen LogP contribution in [0, 0.1) is 0 Å². The highest BCUT2D eigenvalue weighted by Gasteiger charge is 2.35. The molecule has 0 saturated heterocycles. The first kappa shape index (κ1) is 22.1. The summed E-state index contributed by atoms with van der Waals surface area (Å²) in [7, 11) is 0. The van der Waals surface area contributed by atoms with E-state index in [1.165, 1.54) is 31.2 Å². The summed E-state index contributed by atoms with van der Waals surface area (Å²) in [6.45, 7) is 7.54. The average Bonchev–Trinajstić information content (AvgIpc) is 2.63. The molecule has 0 aromatic heterocycles. The van der Waals surface area contributed by atoms with E-state index in [0.717, 1.165) is 12.0 Å². The Morgan fingerprint density at radius 3 is 2.00 bits per heavy atom. The molecule has 0 radical (unpaired) electrons. The van der Waals surface area contributed by atoms with Crippen molar-refractivity contribution < 1.29 is 14.6 Å². The normalized spacial score (nSPS) is 13.2. The van der Waals surface area contributed by atoms with Crippen molar-refractivity contribution in [2.45, 2.75) is 70.9 Å². The van der Waals surface area contributed by atoms with E-state index in [9.17, 15) is 5.11 Å². The summed E-state index contributed by atoms with van der Waals surface area (Å²) < 4.78 is 10.9. The van der Waals surface area contributed by atoms with E-state index in [0.29, 0.717) is 19.6 Å². The van der Waals surface area contributed by atoms with E-state index in [2.05, 4.69) is 31.2 Å². The van der Waals surface area contributed by atoms with Gasteiger partial charge in [0, 0.05) is 19.3 Å². The van der Waals surface area contributed by atoms with Gasteiger partial charge in [-0.2, -0.15) is 0 Å². The largest absolute Gasteiger partial charge is 0.383 e. The van der Waals surface area contributed by atoms with E-state index in [4.69, 9.17) is 15.2 Å². The first-order chi connectivity index (χ1) is 12.1. The predicted molar refractivity (Wildman–Crippen MR) is 104 cm³/mol. The lowest BCUT2D eigenvalue weighted by atomic mass is 9.90. The van der Waals surface area contributed by atoms with Gasteiger partial charge in [0.2, 0.25) is 0 Å². The summed E-state index contributed by atoms with van der Waals surface area (Å²) in [5.41, 5.74) is 7.65. The molecule has 1 rings (SSSR count). The molecule has 0 aliphatic rings. The van der Waals surface area contributed by atoms with Crippen LogP contribution in [0.4, 0.5) is 0 Å². The van der Waals surface area contributed by atoms with Gasteiger partial charge in [0.1, 0.15) is 5.60 Å². The Morgan fingerprint density at radius 2 is 1.48 bits per heavy atom. The molecule has 0 amide bonds. The fourth-order valence-electron chi connectivity index (χ4n) is 2.86. The molecule has 4 nitrogen and oxygen atoms in total. The van der Waals surface area contributed by atoms with Crippen molar-refractivity contribution >= 4 is 0 Å². The summed E-state index contributed by atoms with van der Waals surface area (Å²) in [6.07, 6.45) is 6.85. The Labute approximate surface area is 153 Å². The number of unbranched alkanes of at least 4 members (excludes halogenated alkanes) is 3. The van der Waals surface area contributed by atoms with Crippen molar-refractivity contribution in [2.75, 3.05) is 26.4 Å². The zero-order chi connectivity index (χ0) is 18.5. The third-order valence-electron chi connectivity index (χ3n) is 4.60. The number of aliphatic hydroxyl groups is 1. The number of hydrogen-bond donors (Lipinski definition) is 2. The predicted octanol–water partition coefficient (Wildman–Crippen LogP) is 3.48. The van der Waals surface area contributed by atoms with Gasteiger partial charge in [0.25, 0.3) is 0 Å². The number of ether oxygens (including phenoxy) is 2. The van der Waals surface area contributed by atoms with Crippen LogP contribution in [0.25, 0.3) is 0 Å². The van der Waals surface area contributed by atoms with Crippen LogP contribution in [0.2, 0.25) is 0 Å². The minimum absolute atomic E-state index is 0.195. The molecule has 1 unspecified atom stereocenters. The van der Waals surface area contributed by atoms with Crippen molar-refractivity contribution in [2.24, 2.45) is 5.73 Å². The van der Waals surface area contributed by atoms with Crippen LogP contribution in [-0.2, 0) is 22.3 Å². The summed E-state index contributed by atoms with van der Waals surface area (Å²) in [5, 5.41) is 10.8. The number of aryl methyl sites for hydroxylation is 1. The molecule has 0 saturated carbocycles. The van der Waals surface area contributed by atoms with Gasteiger partial charge in [-0.3, -0.25) is 0 Å². The van der Waals surface area contributed by atoms with Crippen molar-refractivity contribution in [3.05, 3.63) is 35.4 Å². The zero-order valence-corrected chi connectivity index (χ0v) is 16.3. The Kier molecular flexibility index (Phi) is 11.0. The highest BCUT2D eigenvalue weighted by Crippen LogP contribution is 2.17. The Hall–Kier alpha value is -0.940. The van der Waals surface area contributed by atoms with Gasteiger partial charge >= 0.3 is 0 Å². The third-order valence-corrected chi connectivity index (χ3v) is 4.60. The smallest absolute Gasteiger partial charge is 0.126 e. The fourth-order valence-corrected chi connectivity index (χ4v) is 2.86. The lowest BCUT2D eigenvalue weighted by Crippen LogP contribution is -2.55. The van der Waals surface area contributed by atoms with Crippen molar-refractivity contribution in [3.63, 3.8) is 0 Å². The minimum atomic E-state index is -1.16. The highest BCUT2D eigenvalue weighted by molar-refractivity contribution is 5.24. The summed E-state index contributed by atoms with van der Waals surface area (Å²) in [5.74, 6) is 0. The van der Waals surface area contributed by atoms with E-state index < -0.39 is 11.6 Å². The molecule has 0 aliphatic carbocycles. The Balaban J connectivity index is 2.58. The van der Waals surface area contributed by atoms with Crippen molar-refractivity contribution in [1.29, 1.82) is 0 Å². The molecule has 1 aromatic rings. The second kappa shape index (κ2) is 12.4. The molecule has 1 aromatic carbocycles. The molecule has 0 fully saturated rings. The van der Waals surface area contributed by atoms with Gasteiger partial charge in [-0.25, -0.2) is 0 Å². The molecule has 0 spiro atoms. The number of nitrogens with two attached hydrogens (primary N) is 1. The number of hydrogen-bond acceptors (Lipinski definition) is 4. The zero-order valence-electron chi connectivity index (χ0n) is 16.3. The molecule has 4 heteroatoms. The van der Waals surface area contributed by atoms with Crippen molar-refractivity contribution in [1.82, 2.24) is 0 Å². The van der Waals surface area contributed by atoms with Gasteiger partial charge in [0.05, 0.1) is 13.2 Å². The highest BCUT2D eigenvalue weighted by atomic mass is 16.5. The molecular weight excluding hydrogens is 314 g/mol. The van der Waals surface area contributed by atoms with Crippen LogP contribution in [0.15, 0.2) is 24.3 Å². The second-order valence-corrected chi connectivity index (χ2v) is 6.82. The summed E-state index contributed by atoms with van der Waals surface area (Å²) >= 11 is 0. The average molecular weight is 352 g/mol. The van der Waals surface area contributed by atoms with Crippen LogP contribution >= 0.6 is 0 Å². The minimum Gasteiger partial charge on any atom is -0.383 e. The molecule has 144 valence electrons. The maximum Gasteiger partial charge on any atom is 0.126 e. The first-order valence-electron chi connectivity index (χ1n) is 9.77. The quantitative estimate of drug-likeness (QED) is 0.504.